The van der Waals surface area contributed by atoms with E-state index in [0.717, 1.165) is 51.0 Å². The van der Waals surface area contributed by atoms with E-state index in [1.807, 2.05) is 6.92 Å². The van der Waals surface area contributed by atoms with Crippen LogP contribution in [0.1, 0.15) is 44.1 Å². The number of aliphatic hydroxyl groups excluding tert-OH is 1. The maximum atomic E-state index is 12.1. The van der Waals surface area contributed by atoms with Gasteiger partial charge in [0.2, 0.25) is 5.91 Å². The standard InChI is InChI=1S/C17H27N3O3/c1-2-13-11-18-14(20-13)9-15(21)19-10-12-3-4-17(16(12)22)5-7-23-8-6-17/h11-12,16,22H,2-10H2,1H3,(H,18,20)(H,19,21). The van der Waals surface area contributed by atoms with E-state index in [4.69, 9.17) is 4.74 Å². The number of nitrogens with one attached hydrogen (secondary N) is 2. The molecule has 0 radical (unpaired) electrons. The topological polar surface area (TPSA) is 87.2 Å². The highest BCUT2D eigenvalue weighted by Gasteiger charge is 2.48. The second-order valence-electron chi connectivity index (χ2n) is 6.91. The minimum absolute atomic E-state index is 0.0185. The first-order valence-electron chi connectivity index (χ1n) is 8.68. The fourth-order valence-corrected chi connectivity index (χ4v) is 3.95. The molecule has 1 aliphatic heterocycles. The Kier molecular flexibility index (Phi) is 5.02. The number of aliphatic hydroxyl groups is 1. The van der Waals surface area contributed by atoms with Gasteiger partial charge in [0.1, 0.15) is 5.82 Å². The lowest BCUT2D eigenvalue weighted by Crippen LogP contribution is -2.42. The second kappa shape index (κ2) is 7.01. The van der Waals surface area contributed by atoms with Crippen LogP contribution >= 0.6 is 0 Å². The fourth-order valence-electron chi connectivity index (χ4n) is 3.95. The number of hydrogen-bond donors (Lipinski definition) is 3. The van der Waals surface area contributed by atoms with Crippen molar-refractivity contribution in [3.05, 3.63) is 17.7 Å². The maximum Gasteiger partial charge on any atom is 0.227 e. The molecule has 3 rings (SSSR count). The number of aromatic nitrogens is 2. The molecule has 2 fully saturated rings. The van der Waals surface area contributed by atoms with Gasteiger partial charge in [0.15, 0.2) is 0 Å². The number of amides is 1. The summed E-state index contributed by atoms with van der Waals surface area (Å²) in [6, 6.07) is 0. The number of carbonyl (C=O) groups is 1. The Morgan fingerprint density at radius 1 is 1.48 bits per heavy atom. The highest BCUT2D eigenvalue weighted by molar-refractivity contribution is 5.77. The molecule has 1 aromatic heterocycles. The molecule has 1 spiro atoms. The van der Waals surface area contributed by atoms with Gasteiger partial charge in [0.05, 0.1) is 12.5 Å². The van der Waals surface area contributed by atoms with Crippen LogP contribution in [0.25, 0.3) is 0 Å². The molecule has 1 saturated carbocycles. The summed E-state index contributed by atoms with van der Waals surface area (Å²) >= 11 is 0. The number of rotatable bonds is 5. The monoisotopic (exact) mass is 321 g/mol. The van der Waals surface area contributed by atoms with Crippen LogP contribution in [0.15, 0.2) is 6.20 Å². The Hall–Kier alpha value is -1.40. The number of aromatic amines is 1. The number of H-pyrrole nitrogens is 1. The van der Waals surface area contributed by atoms with Crippen LogP contribution in [0, 0.1) is 11.3 Å². The molecule has 1 aliphatic carbocycles. The Morgan fingerprint density at radius 3 is 2.96 bits per heavy atom. The van der Waals surface area contributed by atoms with Gasteiger partial charge in [-0.15, -0.1) is 0 Å². The lowest BCUT2D eigenvalue weighted by atomic mass is 9.76. The summed E-state index contributed by atoms with van der Waals surface area (Å²) in [5.41, 5.74) is 1.06. The summed E-state index contributed by atoms with van der Waals surface area (Å²) in [4.78, 5) is 19.4. The molecule has 2 unspecified atom stereocenters. The maximum absolute atomic E-state index is 12.1. The van der Waals surface area contributed by atoms with E-state index in [-0.39, 0.29) is 29.8 Å². The zero-order valence-corrected chi connectivity index (χ0v) is 13.8. The Bertz CT molecular complexity index is 537. The molecule has 1 aromatic rings. The summed E-state index contributed by atoms with van der Waals surface area (Å²) in [6.07, 6.45) is 6.48. The second-order valence-corrected chi connectivity index (χ2v) is 6.91. The van der Waals surface area contributed by atoms with E-state index in [9.17, 15) is 9.90 Å². The number of nitrogens with zero attached hydrogens (tertiary/aromatic N) is 1. The van der Waals surface area contributed by atoms with E-state index in [1.165, 1.54) is 0 Å². The molecule has 0 bridgehead atoms. The molecule has 2 aliphatic rings. The summed E-state index contributed by atoms with van der Waals surface area (Å²) in [6.45, 7) is 4.08. The van der Waals surface area contributed by atoms with Gasteiger partial charge in [-0.25, -0.2) is 4.98 Å². The first-order valence-corrected chi connectivity index (χ1v) is 8.68. The lowest BCUT2D eigenvalue weighted by Gasteiger charge is -2.37. The highest BCUT2D eigenvalue weighted by atomic mass is 16.5. The number of ether oxygens (including phenoxy) is 1. The Labute approximate surface area is 137 Å². The number of carbonyl (C=O) groups excluding carboxylic acids is 1. The van der Waals surface area contributed by atoms with Crippen molar-refractivity contribution >= 4 is 5.91 Å². The molecule has 1 saturated heterocycles. The van der Waals surface area contributed by atoms with Crippen molar-refractivity contribution in [3.63, 3.8) is 0 Å². The largest absolute Gasteiger partial charge is 0.392 e. The van der Waals surface area contributed by atoms with Crippen molar-refractivity contribution in [2.24, 2.45) is 11.3 Å². The van der Waals surface area contributed by atoms with Crippen LogP contribution in [0.4, 0.5) is 0 Å². The van der Waals surface area contributed by atoms with Crippen molar-refractivity contribution in [2.45, 2.75) is 51.6 Å². The van der Waals surface area contributed by atoms with Gasteiger partial charge >= 0.3 is 0 Å². The third-order valence-corrected chi connectivity index (χ3v) is 5.53. The lowest BCUT2D eigenvalue weighted by molar-refractivity contribution is -0.121. The van der Waals surface area contributed by atoms with Crippen LogP contribution in [0.5, 0.6) is 0 Å². The smallest absolute Gasteiger partial charge is 0.227 e. The van der Waals surface area contributed by atoms with Crippen LogP contribution in [-0.2, 0) is 22.4 Å². The summed E-state index contributed by atoms with van der Waals surface area (Å²) < 4.78 is 5.42. The Balaban J connectivity index is 1.47. The summed E-state index contributed by atoms with van der Waals surface area (Å²) in [5.74, 6) is 0.814. The molecular weight excluding hydrogens is 294 g/mol. The first kappa shape index (κ1) is 16.5. The van der Waals surface area contributed by atoms with Gasteiger partial charge in [-0.3, -0.25) is 4.79 Å². The molecule has 6 heteroatoms. The van der Waals surface area contributed by atoms with Crippen molar-refractivity contribution < 1.29 is 14.6 Å². The third-order valence-electron chi connectivity index (χ3n) is 5.53. The predicted molar refractivity (Wildman–Crippen MR) is 85.9 cm³/mol. The van der Waals surface area contributed by atoms with Gasteiger partial charge in [0, 0.05) is 43.0 Å². The van der Waals surface area contributed by atoms with Gasteiger partial charge < -0.3 is 20.1 Å². The zero-order chi connectivity index (χ0) is 16.3. The van der Waals surface area contributed by atoms with Gasteiger partial charge in [-0.1, -0.05) is 6.92 Å². The number of imidazole rings is 1. The Morgan fingerprint density at radius 2 is 2.26 bits per heavy atom. The normalized spacial score (nSPS) is 26.5. The molecule has 3 N–H and O–H groups in total. The van der Waals surface area contributed by atoms with Crippen molar-refractivity contribution in [2.75, 3.05) is 19.8 Å². The minimum atomic E-state index is -0.331. The average molecular weight is 321 g/mol. The molecular formula is C17H27N3O3. The molecule has 23 heavy (non-hydrogen) atoms. The number of aryl methyl sites for hydroxylation is 1. The van der Waals surface area contributed by atoms with Gasteiger partial charge in [-0.2, -0.15) is 0 Å². The minimum Gasteiger partial charge on any atom is -0.392 e. The SMILES string of the molecule is CCc1cnc(CC(=O)NCC2CCC3(CCOCC3)C2O)[nH]1. The van der Waals surface area contributed by atoms with Crippen molar-refractivity contribution in [3.8, 4) is 0 Å². The first-order chi connectivity index (χ1) is 11.1. The molecule has 6 nitrogen and oxygen atoms in total. The predicted octanol–water partition coefficient (Wildman–Crippen LogP) is 1.20. The zero-order valence-electron chi connectivity index (χ0n) is 13.8. The summed E-state index contributed by atoms with van der Waals surface area (Å²) in [7, 11) is 0. The van der Waals surface area contributed by atoms with Crippen molar-refractivity contribution in [1.29, 1.82) is 0 Å². The van der Waals surface area contributed by atoms with E-state index in [0.29, 0.717) is 12.4 Å². The fraction of sp³-hybridized carbons (Fsp3) is 0.765. The van der Waals surface area contributed by atoms with E-state index < -0.39 is 0 Å². The van der Waals surface area contributed by atoms with Crippen LogP contribution in [-0.4, -0.2) is 46.8 Å². The van der Waals surface area contributed by atoms with E-state index in [1.54, 1.807) is 6.20 Å². The van der Waals surface area contributed by atoms with Gasteiger partial charge in [-0.05, 0) is 32.1 Å². The molecule has 2 heterocycles. The molecule has 128 valence electrons. The van der Waals surface area contributed by atoms with Crippen LogP contribution in [0.3, 0.4) is 0 Å². The van der Waals surface area contributed by atoms with E-state index in [2.05, 4.69) is 15.3 Å². The van der Waals surface area contributed by atoms with Gasteiger partial charge in [0.25, 0.3) is 0 Å². The van der Waals surface area contributed by atoms with Crippen LogP contribution < -0.4 is 5.32 Å². The molecule has 1 amide bonds. The molecule has 0 aromatic carbocycles. The third kappa shape index (κ3) is 3.58. The van der Waals surface area contributed by atoms with Crippen molar-refractivity contribution in [1.82, 2.24) is 15.3 Å². The quantitative estimate of drug-likeness (QED) is 0.760. The average Bonchev–Trinajstić information content (AvgIpc) is 3.13. The summed E-state index contributed by atoms with van der Waals surface area (Å²) in [5, 5.41) is 13.6. The molecule has 2 atom stereocenters. The van der Waals surface area contributed by atoms with E-state index >= 15 is 0 Å². The van der Waals surface area contributed by atoms with Crippen LogP contribution in [0.2, 0.25) is 0 Å². The highest BCUT2D eigenvalue weighted by Crippen LogP contribution is 2.48. The number of hydrogen-bond acceptors (Lipinski definition) is 4.